The van der Waals surface area contributed by atoms with E-state index in [0.29, 0.717) is 12.5 Å². The predicted molar refractivity (Wildman–Crippen MR) is 61.2 cm³/mol. The lowest BCUT2D eigenvalue weighted by Gasteiger charge is -2.30. The Morgan fingerprint density at radius 3 is 2.56 bits per heavy atom. The minimum Gasteiger partial charge on any atom is -0.430 e. The zero-order chi connectivity index (χ0) is 11.4. The van der Waals surface area contributed by atoms with Crippen molar-refractivity contribution in [1.29, 1.82) is 0 Å². The van der Waals surface area contributed by atoms with E-state index in [1.165, 1.54) is 44.9 Å². The second-order valence-electron chi connectivity index (χ2n) is 5.14. The molecule has 2 aliphatic rings. The number of rotatable bonds is 4. The summed E-state index contributed by atoms with van der Waals surface area (Å²) in [6.45, 7) is 2.73. The summed E-state index contributed by atoms with van der Waals surface area (Å²) in [6, 6.07) is 0. The van der Waals surface area contributed by atoms with Crippen molar-refractivity contribution in [2.75, 3.05) is 6.61 Å². The van der Waals surface area contributed by atoms with Gasteiger partial charge in [0.1, 0.15) is 12.7 Å². The van der Waals surface area contributed by atoms with Crippen molar-refractivity contribution in [3.8, 4) is 0 Å². The zero-order valence-corrected chi connectivity index (χ0v) is 10.1. The molecule has 0 amide bonds. The molecule has 1 aliphatic heterocycles. The molecule has 2 fully saturated rings. The Balaban J connectivity index is 1.70. The summed E-state index contributed by atoms with van der Waals surface area (Å²) >= 11 is 0. The van der Waals surface area contributed by atoms with Gasteiger partial charge in [-0.1, -0.05) is 39.0 Å². The van der Waals surface area contributed by atoms with Crippen molar-refractivity contribution >= 4 is 6.16 Å². The van der Waals surface area contributed by atoms with Gasteiger partial charge in [-0.2, -0.15) is 0 Å². The van der Waals surface area contributed by atoms with Gasteiger partial charge < -0.3 is 9.47 Å². The molecule has 1 unspecified atom stereocenters. The highest BCUT2D eigenvalue weighted by Crippen LogP contribution is 2.35. The van der Waals surface area contributed by atoms with E-state index < -0.39 is 6.16 Å². The molecule has 0 aromatic carbocycles. The summed E-state index contributed by atoms with van der Waals surface area (Å²) in [7, 11) is 0. The fourth-order valence-electron chi connectivity index (χ4n) is 2.92. The quantitative estimate of drug-likeness (QED) is 0.688. The van der Waals surface area contributed by atoms with Crippen molar-refractivity contribution < 1.29 is 14.3 Å². The second kappa shape index (κ2) is 5.55. The van der Waals surface area contributed by atoms with Crippen molar-refractivity contribution in [1.82, 2.24) is 0 Å². The highest BCUT2D eigenvalue weighted by atomic mass is 16.8. The number of hydrogen-bond acceptors (Lipinski definition) is 3. The highest BCUT2D eigenvalue weighted by molar-refractivity contribution is 5.61. The van der Waals surface area contributed by atoms with E-state index in [4.69, 9.17) is 9.47 Å². The van der Waals surface area contributed by atoms with Crippen LogP contribution in [0.3, 0.4) is 0 Å². The van der Waals surface area contributed by atoms with Crippen LogP contribution in [0.25, 0.3) is 0 Å². The molecule has 92 valence electrons. The molecule has 1 saturated carbocycles. The first-order valence-corrected chi connectivity index (χ1v) is 6.63. The van der Waals surface area contributed by atoms with Crippen LogP contribution in [0, 0.1) is 11.8 Å². The topological polar surface area (TPSA) is 35.5 Å². The van der Waals surface area contributed by atoms with Crippen LogP contribution in [0.1, 0.15) is 51.9 Å². The number of unbranched alkanes of at least 4 members (excludes halogenated alkanes) is 1. The number of ether oxygens (including phenoxy) is 2. The lowest BCUT2D eigenvalue weighted by molar-refractivity contribution is 0.0775. The van der Waals surface area contributed by atoms with Gasteiger partial charge in [0, 0.05) is 0 Å². The molecule has 1 heterocycles. The molecule has 1 atom stereocenters. The molecular weight excluding hydrogens is 204 g/mol. The number of carbonyl (C=O) groups excluding carboxylic acids is 1. The fraction of sp³-hybridized carbons (Fsp3) is 0.923. The Morgan fingerprint density at radius 1 is 1.25 bits per heavy atom. The van der Waals surface area contributed by atoms with Gasteiger partial charge in [0.05, 0.1) is 0 Å². The lowest BCUT2D eigenvalue weighted by atomic mass is 9.78. The van der Waals surface area contributed by atoms with E-state index in [9.17, 15) is 4.79 Å². The van der Waals surface area contributed by atoms with Crippen LogP contribution < -0.4 is 0 Å². The molecule has 3 nitrogen and oxygen atoms in total. The molecule has 16 heavy (non-hydrogen) atoms. The lowest BCUT2D eigenvalue weighted by Crippen LogP contribution is -2.27. The van der Waals surface area contributed by atoms with Crippen LogP contribution >= 0.6 is 0 Å². The van der Waals surface area contributed by atoms with E-state index in [2.05, 4.69) is 6.92 Å². The van der Waals surface area contributed by atoms with Crippen LogP contribution in [0.5, 0.6) is 0 Å². The van der Waals surface area contributed by atoms with Crippen LogP contribution in [0.2, 0.25) is 0 Å². The molecule has 0 aromatic heterocycles. The number of carbonyl (C=O) groups is 1. The molecular formula is C13H22O3. The molecule has 1 aliphatic carbocycles. The number of cyclic esters (lactones) is 2. The average molecular weight is 226 g/mol. The van der Waals surface area contributed by atoms with Crippen LogP contribution in [-0.2, 0) is 9.47 Å². The zero-order valence-electron chi connectivity index (χ0n) is 10.1. The summed E-state index contributed by atoms with van der Waals surface area (Å²) in [5, 5.41) is 0. The maximum absolute atomic E-state index is 10.9. The highest BCUT2D eigenvalue weighted by Gasteiger charge is 2.34. The summed E-state index contributed by atoms with van der Waals surface area (Å²) in [5.41, 5.74) is 0. The Morgan fingerprint density at radius 2 is 2.00 bits per heavy atom. The predicted octanol–water partition coefficient (Wildman–Crippen LogP) is 3.52. The van der Waals surface area contributed by atoms with Crippen molar-refractivity contribution in [2.24, 2.45) is 11.8 Å². The summed E-state index contributed by atoms with van der Waals surface area (Å²) in [6.07, 6.45) is 8.62. The Bertz CT molecular complexity index is 231. The van der Waals surface area contributed by atoms with Gasteiger partial charge in [-0.3, -0.25) is 0 Å². The number of hydrogen-bond donors (Lipinski definition) is 0. The SMILES string of the molecule is CCCCC1CCC(C2COC(=O)O2)CC1. The first-order valence-electron chi connectivity index (χ1n) is 6.63. The smallest absolute Gasteiger partial charge is 0.430 e. The summed E-state index contributed by atoms with van der Waals surface area (Å²) < 4.78 is 10.0. The van der Waals surface area contributed by atoms with Crippen LogP contribution in [0.15, 0.2) is 0 Å². The minimum absolute atomic E-state index is 0.0413. The largest absolute Gasteiger partial charge is 0.508 e. The van der Waals surface area contributed by atoms with Gasteiger partial charge in [0.15, 0.2) is 0 Å². The van der Waals surface area contributed by atoms with Gasteiger partial charge in [0.2, 0.25) is 0 Å². The molecule has 0 radical (unpaired) electrons. The van der Waals surface area contributed by atoms with Crippen LogP contribution in [0.4, 0.5) is 4.79 Å². The first-order chi connectivity index (χ1) is 7.79. The maximum Gasteiger partial charge on any atom is 0.508 e. The fourth-order valence-corrected chi connectivity index (χ4v) is 2.92. The third-order valence-corrected chi connectivity index (χ3v) is 4.00. The third kappa shape index (κ3) is 2.89. The monoisotopic (exact) mass is 226 g/mol. The second-order valence-corrected chi connectivity index (χ2v) is 5.14. The Kier molecular flexibility index (Phi) is 4.08. The molecule has 0 aromatic rings. The van der Waals surface area contributed by atoms with E-state index in [0.717, 1.165) is 5.92 Å². The molecule has 2 rings (SSSR count). The van der Waals surface area contributed by atoms with E-state index >= 15 is 0 Å². The van der Waals surface area contributed by atoms with Gasteiger partial charge >= 0.3 is 6.16 Å². The average Bonchev–Trinajstić information content (AvgIpc) is 2.74. The van der Waals surface area contributed by atoms with Gasteiger partial charge in [-0.15, -0.1) is 0 Å². The molecule has 0 bridgehead atoms. The molecule has 0 N–H and O–H groups in total. The standard InChI is InChI=1S/C13H22O3/c1-2-3-4-10-5-7-11(8-6-10)12-9-15-13(14)16-12/h10-12H,2-9H2,1H3. The van der Waals surface area contributed by atoms with Crippen molar-refractivity contribution in [2.45, 2.75) is 58.0 Å². The molecule has 0 spiro atoms. The Hall–Kier alpha value is -0.730. The van der Waals surface area contributed by atoms with Gasteiger partial charge in [0.25, 0.3) is 0 Å². The van der Waals surface area contributed by atoms with E-state index in [1.54, 1.807) is 0 Å². The Labute approximate surface area is 97.5 Å². The van der Waals surface area contributed by atoms with Gasteiger partial charge in [-0.05, 0) is 24.7 Å². The maximum atomic E-state index is 10.9. The normalized spacial score (nSPS) is 34.6. The van der Waals surface area contributed by atoms with Crippen molar-refractivity contribution in [3.63, 3.8) is 0 Å². The van der Waals surface area contributed by atoms with Crippen molar-refractivity contribution in [3.05, 3.63) is 0 Å². The summed E-state index contributed by atoms with van der Waals surface area (Å²) in [4.78, 5) is 10.9. The third-order valence-electron chi connectivity index (χ3n) is 4.00. The van der Waals surface area contributed by atoms with Crippen LogP contribution in [-0.4, -0.2) is 18.9 Å². The van der Waals surface area contributed by atoms with Gasteiger partial charge in [-0.25, -0.2) is 4.79 Å². The molecule has 3 heteroatoms. The summed E-state index contributed by atoms with van der Waals surface area (Å²) in [5.74, 6) is 1.46. The molecule has 1 saturated heterocycles. The van der Waals surface area contributed by atoms with E-state index in [-0.39, 0.29) is 6.10 Å². The minimum atomic E-state index is -0.474. The first kappa shape index (κ1) is 11.7. The van der Waals surface area contributed by atoms with E-state index in [1.807, 2.05) is 0 Å².